The van der Waals surface area contributed by atoms with E-state index in [1.807, 2.05) is 6.07 Å². The van der Waals surface area contributed by atoms with Gasteiger partial charge in [-0.25, -0.2) is 0 Å². The molecule has 3 nitrogen and oxygen atoms in total. The minimum absolute atomic E-state index is 0.560. The molecule has 0 amide bonds. The lowest BCUT2D eigenvalue weighted by atomic mass is 9.77. The first-order chi connectivity index (χ1) is 7.69. The fourth-order valence-corrected chi connectivity index (χ4v) is 2.32. The van der Waals surface area contributed by atoms with Crippen molar-refractivity contribution in [3.05, 3.63) is 23.8 Å². The van der Waals surface area contributed by atoms with Gasteiger partial charge in [-0.2, -0.15) is 11.8 Å². The summed E-state index contributed by atoms with van der Waals surface area (Å²) < 4.78 is 5.12. The molecule has 88 valence electrons. The van der Waals surface area contributed by atoms with E-state index in [4.69, 9.17) is 4.74 Å². The molecule has 2 N–H and O–H groups in total. The molecule has 0 spiro atoms. The molecular weight excluding hydrogens is 223 g/mol. The number of rotatable bonds is 6. The first-order valence-electron chi connectivity index (χ1n) is 5.29. The fraction of sp³-hybridized carbons (Fsp3) is 0.455. The summed E-state index contributed by atoms with van der Waals surface area (Å²) in [6.07, 6.45) is 1.12. The van der Waals surface area contributed by atoms with E-state index in [9.17, 15) is 10.0 Å². The van der Waals surface area contributed by atoms with Crippen LogP contribution in [0.4, 0.5) is 0 Å². The molecule has 0 aliphatic carbocycles. The van der Waals surface area contributed by atoms with Gasteiger partial charge in [0.15, 0.2) is 0 Å². The van der Waals surface area contributed by atoms with E-state index < -0.39 is 7.12 Å². The smallest absolute Gasteiger partial charge is 0.488 e. The summed E-state index contributed by atoms with van der Waals surface area (Å²) in [5.74, 6) is 2.59. The third-order valence-electron chi connectivity index (χ3n) is 2.23. The van der Waals surface area contributed by atoms with Crippen LogP contribution in [0.1, 0.15) is 18.9 Å². The van der Waals surface area contributed by atoms with Gasteiger partial charge in [-0.1, -0.05) is 13.0 Å². The van der Waals surface area contributed by atoms with Crippen LogP contribution in [0.15, 0.2) is 18.2 Å². The second-order valence-corrected chi connectivity index (χ2v) is 4.60. The zero-order valence-corrected chi connectivity index (χ0v) is 10.5. The number of ether oxygens (including phenoxy) is 1. The average Bonchev–Trinajstić information content (AvgIpc) is 2.29. The lowest BCUT2D eigenvalue weighted by Crippen LogP contribution is -2.32. The Morgan fingerprint density at radius 2 is 2.12 bits per heavy atom. The van der Waals surface area contributed by atoms with Gasteiger partial charge in [0.2, 0.25) is 0 Å². The number of thioether (sulfide) groups is 1. The topological polar surface area (TPSA) is 49.7 Å². The summed E-state index contributed by atoms with van der Waals surface area (Å²) in [4.78, 5) is 0. The minimum atomic E-state index is -1.41. The Kier molecular flexibility index (Phi) is 5.73. The molecule has 0 saturated carbocycles. The van der Waals surface area contributed by atoms with Crippen LogP contribution in [0.2, 0.25) is 0 Å². The van der Waals surface area contributed by atoms with Crippen molar-refractivity contribution in [2.24, 2.45) is 0 Å². The van der Waals surface area contributed by atoms with Gasteiger partial charge < -0.3 is 14.8 Å². The molecule has 0 atom stereocenters. The monoisotopic (exact) mass is 240 g/mol. The van der Waals surface area contributed by atoms with Crippen LogP contribution in [-0.4, -0.2) is 30.0 Å². The van der Waals surface area contributed by atoms with Crippen LogP contribution < -0.4 is 10.2 Å². The molecule has 0 aromatic heterocycles. The van der Waals surface area contributed by atoms with Crippen molar-refractivity contribution in [2.45, 2.75) is 19.1 Å². The van der Waals surface area contributed by atoms with Crippen molar-refractivity contribution in [1.82, 2.24) is 0 Å². The summed E-state index contributed by atoms with van der Waals surface area (Å²) in [5.41, 5.74) is 1.48. The first kappa shape index (κ1) is 13.4. The Morgan fingerprint density at radius 3 is 2.69 bits per heavy atom. The molecule has 5 heteroatoms. The van der Waals surface area contributed by atoms with Crippen LogP contribution in [0, 0.1) is 0 Å². The van der Waals surface area contributed by atoms with Crippen molar-refractivity contribution < 1.29 is 14.8 Å². The number of methoxy groups -OCH3 is 1. The van der Waals surface area contributed by atoms with Gasteiger partial charge in [0.05, 0.1) is 7.11 Å². The third-order valence-corrected chi connectivity index (χ3v) is 3.45. The standard InChI is InChI=1S/C11H17BO3S/c1-3-6-16-8-9-7-10(15-2)4-5-11(9)12(13)14/h4-5,7,13-14H,3,6,8H2,1-2H3. The molecule has 0 fully saturated rings. The Balaban J connectivity index is 2.83. The van der Waals surface area contributed by atoms with Gasteiger partial charge in [-0.05, 0) is 35.3 Å². The van der Waals surface area contributed by atoms with Crippen molar-refractivity contribution in [1.29, 1.82) is 0 Å². The predicted octanol–water partition coefficient (Wildman–Crippen LogP) is 1.02. The van der Waals surface area contributed by atoms with Gasteiger partial charge in [0.25, 0.3) is 0 Å². The van der Waals surface area contributed by atoms with Crippen molar-refractivity contribution >= 4 is 24.3 Å². The van der Waals surface area contributed by atoms with E-state index in [1.54, 1.807) is 31.0 Å². The van der Waals surface area contributed by atoms with Crippen LogP contribution in [0.5, 0.6) is 5.75 Å². The Hall–Kier alpha value is -0.645. The SMILES string of the molecule is CCCSCc1cc(OC)ccc1B(O)O. The highest BCUT2D eigenvalue weighted by Gasteiger charge is 2.16. The maximum absolute atomic E-state index is 9.23. The molecule has 0 aliphatic rings. The molecular formula is C11H17BO3S. The third kappa shape index (κ3) is 3.74. The zero-order chi connectivity index (χ0) is 12.0. The molecule has 1 aromatic rings. The van der Waals surface area contributed by atoms with Gasteiger partial charge in [-0.15, -0.1) is 0 Å². The van der Waals surface area contributed by atoms with Crippen molar-refractivity contribution in [3.8, 4) is 5.75 Å². The number of hydrogen-bond acceptors (Lipinski definition) is 4. The van der Waals surface area contributed by atoms with Gasteiger partial charge in [-0.3, -0.25) is 0 Å². The molecule has 1 aromatic carbocycles. The second-order valence-electron chi connectivity index (χ2n) is 3.49. The van der Waals surface area contributed by atoms with Gasteiger partial charge in [0, 0.05) is 5.75 Å². The average molecular weight is 240 g/mol. The van der Waals surface area contributed by atoms with E-state index in [0.29, 0.717) is 5.46 Å². The van der Waals surface area contributed by atoms with Gasteiger partial charge >= 0.3 is 7.12 Å². The largest absolute Gasteiger partial charge is 0.497 e. The van der Waals surface area contributed by atoms with E-state index in [2.05, 4.69) is 6.92 Å². The normalized spacial score (nSPS) is 10.2. The summed E-state index contributed by atoms with van der Waals surface area (Å²) in [5, 5.41) is 18.5. The first-order valence-corrected chi connectivity index (χ1v) is 6.45. The Labute approximate surface area is 101 Å². The maximum atomic E-state index is 9.23. The summed E-state index contributed by atoms with van der Waals surface area (Å²) >= 11 is 1.78. The molecule has 0 aliphatic heterocycles. The van der Waals surface area contributed by atoms with Crippen molar-refractivity contribution in [2.75, 3.05) is 12.9 Å². The van der Waals surface area contributed by atoms with E-state index in [0.717, 1.165) is 29.2 Å². The fourth-order valence-electron chi connectivity index (χ4n) is 1.41. The highest BCUT2D eigenvalue weighted by Crippen LogP contribution is 2.17. The second kappa shape index (κ2) is 6.83. The summed E-state index contributed by atoms with van der Waals surface area (Å²) in [6, 6.07) is 5.30. The Morgan fingerprint density at radius 1 is 1.38 bits per heavy atom. The molecule has 0 unspecified atom stereocenters. The van der Waals surface area contributed by atoms with Crippen LogP contribution in [-0.2, 0) is 5.75 Å². The lowest BCUT2D eigenvalue weighted by Gasteiger charge is -2.10. The van der Waals surface area contributed by atoms with E-state index in [-0.39, 0.29) is 0 Å². The van der Waals surface area contributed by atoms with Crippen molar-refractivity contribution in [3.63, 3.8) is 0 Å². The molecule has 0 radical (unpaired) electrons. The highest BCUT2D eigenvalue weighted by molar-refractivity contribution is 7.98. The Bertz CT molecular complexity index is 331. The lowest BCUT2D eigenvalue weighted by molar-refractivity contribution is 0.413. The van der Waals surface area contributed by atoms with E-state index >= 15 is 0 Å². The molecule has 0 saturated heterocycles. The predicted molar refractivity (Wildman–Crippen MR) is 69.3 cm³/mol. The summed E-state index contributed by atoms with van der Waals surface area (Å²) in [7, 11) is 0.191. The molecule has 0 heterocycles. The molecule has 16 heavy (non-hydrogen) atoms. The quantitative estimate of drug-likeness (QED) is 0.575. The van der Waals surface area contributed by atoms with Crippen LogP contribution in [0.25, 0.3) is 0 Å². The molecule has 1 rings (SSSR count). The molecule has 0 bridgehead atoms. The van der Waals surface area contributed by atoms with Gasteiger partial charge in [0.1, 0.15) is 5.75 Å². The number of benzene rings is 1. The zero-order valence-electron chi connectivity index (χ0n) is 9.64. The summed E-state index contributed by atoms with van der Waals surface area (Å²) in [6.45, 7) is 2.13. The van der Waals surface area contributed by atoms with Crippen LogP contribution in [0.3, 0.4) is 0 Å². The maximum Gasteiger partial charge on any atom is 0.488 e. The minimum Gasteiger partial charge on any atom is -0.497 e. The van der Waals surface area contributed by atoms with Crippen LogP contribution >= 0.6 is 11.8 Å². The highest BCUT2D eigenvalue weighted by atomic mass is 32.2. The number of hydrogen-bond donors (Lipinski definition) is 2. The van der Waals surface area contributed by atoms with E-state index in [1.165, 1.54) is 0 Å².